The summed E-state index contributed by atoms with van der Waals surface area (Å²) in [5, 5.41) is 8.82. The zero-order valence-electron chi connectivity index (χ0n) is 13.2. The number of rotatable bonds is 3. The molecule has 2 unspecified atom stereocenters. The van der Waals surface area contributed by atoms with Crippen LogP contribution in [0.5, 0.6) is 5.75 Å². The van der Waals surface area contributed by atoms with Crippen LogP contribution >= 0.6 is 0 Å². The smallest absolute Gasteiger partial charge is 0.123 e. The molecular weight excluding hydrogens is 262 g/mol. The third-order valence-electron chi connectivity index (χ3n) is 4.32. The minimum Gasteiger partial charge on any atom is -0.496 e. The summed E-state index contributed by atoms with van der Waals surface area (Å²) in [6.07, 6.45) is 3.84. The number of hydrogen-bond acceptors (Lipinski definition) is 3. The van der Waals surface area contributed by atoms with Gasteiger partial charge in [-0.2, -0.15) is 0 Å². The maximum atomic E-state index is 8.82. The maximum Gasteiger partial charge on any atom is 0.123 e. The van der Waals surface area contributed by atoms with Gasteiger partial charge >= 0.3 is 0 Å². The molecule has 0 aromatic heterocycles. The van der Waals surface area contributed by atoms with E-state index < -0.39 is 0 Å². The van der Waals surface area contributed by atoms with Crippen LogP contribution in [-0.2, 0) is 6.54 Å². The number of nitrogens with zero attached hydrogens (tertiary/aromatic N) is 1. The van der Waals surface area contributed by atoms with Crippen molar-refractivity contribution in [1.29, 1.82) is 0 Å². The van der Waals surface area contributed by atoms with Crippen LogP contribution in [0.1, 0.15) is 44.2 Å². The fourth-order valence-electron chi connectivity index (χ4n) is 3.10. The van der Waals surface area contributed by atoms with Crippen LogP contribution in [0.25, 0.3) is 0 Å². The molecular formula is C18H25NO2. The van der Waals surface area contributed by atoms with Gasteiger partial charge in [-0.3, -0.25) is 4.90 Å². The molecule has 0 aliphatic carbocycles. The second-order valence-corrected chi connectivity index (χ2v) is 5.79. The third kappa shape index (κ3) is 4.00. The first-order valence-electron chi connectivity index (χ1n) is 7.68. The zero-order valence-corrected chi connectivity index (χ0v) is 13.2. The Bertz CT molecular complexity index is 520. The molecule has 1 fully saturated rings. The molecule has 1 aromatic carbocycles. The van der Waals surface area contributed by atoms with Gasteiger partial charge in [0.2, 0.25) is 0 Å². The van der Waals surface area contributed by atoms with Crippen molar-refractivity contribution in [1.82, 2.24) is 4.90 Å². The van der Waals surface area contributed by atoms with Crippen molar-refractivity contribution >= 4 is 0 Å². The van der Waals surface area contributed by atoms with Crippen LogP contribution in [0.3, 0.4) is 0 Å². The van der Waals surface area contributed by atoms with Crippen molar-refractivity contribution in [3.63, 3.8) is 0 Å². The first-order valence-corrected chi connectivity index (χ1v) is 7.68. The van der Waals surface area contributed by atoms with E-state index in [1.807, 2.05) is 12.1 Å². The standard InChI is InChI=1S/C18H25NO2/c1-14-6-4-7-15(2)19(14)13-17-12-16(8-5-11-20)9-10-18(17)21-3/h9-10,12,14-15,20H,4,6-7,11,13H2,1-3H3. The number of benzene rings is 1. The molecule has 1 saturated heterocycles. The van der Waals surface area contributed by atoms with E-state index in [2.05, 4.69) is 36.7 Å². The third-order valence-corrected chi connectivity index (χ3v) is 4.32. The number of aliphatic hydroxyl groups is 1. The van der Waals surface area contributed by atoms with Crippen LogP contribution in [0.15, 0.2) is 18.2 Å². The van der Waals surface area contributed by atoms with Gasteiger partial charge in [-0.05, 0) is 44.9 Å². The first kappa shape index (κ1) is 15.9. The number of ether oxygens (including phenoxy) is 1. The van der Waals surface area contributed by atoms with E-state index in [1.54, 1.807) is 7.11 Å². The molecule has 1 heterocycles. The van der Waals surface area contributed by atoms with Crippen LogP contribution in [0, 0.1) is 11.8 Å². The summed E-state index contributed by atoms with van der Waals surface area (Å²) >= 11 is 0. The average molecular weight is 287 g/mol. The van der Waals surface area contributed by atoms with Crippen molar-refractivity contribution in [2.45, 2.75) is 51.7 Å². The Morgan fingerprint density at radius 3 is 2.62 bits per heavy atom. The highest BCUT2D eigenvalue weighted by Crippen LogP contribution is 2.28. The molecule has 0 amide bonds. The van der Waals surface area contributed by atoms with Crippen molar-refractivity contribution in [2.75, 3.05) is 13.7 Å². The van der Waals surface area contributed by atoms with E-state index in [0.717, 1.165) is 17.9 Å². The summed E-state index contributed by atoms with van der Waals surface area (Å²) in [5.41, 5.74) is 2.10. The van der Waals surface area contributed by atoms with Gasteiger partial charge in [-0.15, -0.1) is 0 Å². The molecule has 1 aliphatic heterocycles. The second kappa shape index (κ2) is 7.49. The number of likely N-dealkylation sites (tertiary alicyclic amines) is 1. The van der Waals surface area contributed by atoms with E-state index in [0.29, 0.717) is 12.1 Å². The molecule has 114 valence electrons. The molecule has 2 atom stereocenters. The summed E-state index contributed by atoms with van der Waals surface area (Å²) in [4.78, 5) is 2.55. The lowest BCUT2D eigenvalue weighted by Gasteiger charge is -2.39. The van der Waals surface area contributed by atoms with Crippen LogP contribution in [0.4, 0.5) is 0 Å². The van der Waals surface area contributed by atoms with Crippen LogP contribution in [0.2, 0.25) is 0 Å². The minimum absolute atomic E-state index is 0.110. The molecule has 1 aromatic rings. The van der Waals surface area contributed by atoms with Gasteiger partial charge in [0.1, 0.15) is 12.4 Å². The number of methoxy groups -OCH3 is 1. The normalized spacial score (nSPS) is 22.5. The van der Waals surface area contributed by atoms with E-state index in [-0.39, 0.29) is 6.61 Å². The Balaban J connectivity index is 2.24. The summed E-state index contributed by atoms with van der Waals surface area (Å²) in [6, 6.07) is 7.19. The molecule has 2 rings (SSSR count). The molecule has 21 heavy (non-hydrogen) atoms. The van der Waals surface area contributed by atoms with Crippen molar-refractivity contribution in [3.8, 4) is 17.6 Å². The minimum atomic E-state index is -0.110. The average Bonchev–Trinajstić information content (AvgIpc) is 2.49. The summed E-state index contributed by atoms with van der Waals surface area (Å²) < 4.78 is 5.49. The van der Waals surface area contributed by atoms with Crippen LogP contribution < -0.4 is 4.74 Å². The van der Waals surface area contributed by atoms with Gasteiger partial charge in [0.25, 0.3) is 0 Å². The van der Waals surface area contributed by atoms with Gasteiger partial charge in [-0.25, -0.2) is 0 Å². The van der Waals surface area contributed by atoms with Crippen molar-refractivity contribution in [2.24, 2.45) is 0 Å². The second-order valence-electron chi connectivity index (χ2n) is 5.79. The fraction of sp³-hybridized carbons (Fsp3) is 0.556. The predicted octanol–water partition coefficient (Wildman–Crippen LogP) is 2.80. The van der Waals surface area contributed by atoms with Gasteiger partial charge < -0.3 is 9.84 Å². The predicted molar refractivity (Wildman–Crippen MR) is 85.3 cm³/mol. The highest BCUT2D eigenvalue weighted by atomic mass is 16.5. The summed E-state index contributed by atoms with van der Waals surface area (Å²) in [7, 11) is 1.71. The van der Waals surface area contributed by atoms with Gasteiger partial charge in [0.15, 0.2) is 0 Å². The van der Waals surface area contributed by atoms with Gasteiger partial charge in [0, 0.05) is 29.8 Å². The topological polar surface area (TPSA) is 32.7 Å². The molecule has 3 heteroatoms. The number of piperidine rings is 1. The number of hydrogen-bond donors (Lipinski definition) is 1. The first-order chi connectivity index (χ1) is 10.2. The monoisotopic (exact) mass is 287 g/mol. The van der Waals surface area contributed by atoms with E-state index in [4.69, 9.17) is 9.84 Å². The summed E-state index contributed by atoms with van der Waals surface area (Å²) in [5.74, 6) is 6.58. The molecule has 0 saturated carbocycles. The van der Waals surface area contributed by atoms with Crippen molar-refractivity contribution < 1.29 is 9.84 Å². The fourth-order valence-corrected chi connectivity index (χ4v) is 3.10. The Labute approximate surface area is 127 Å². The van der Waals surface area contributed by atoms with Gasteiger partial charge in [-0.1, -0.05) is 18.3 Å². The number of aliphatic hydroxyl groups excluding tert-OH is 1. The highest BCUT2D eigenvalue weighted by Gasteiger charge is 2.25. The Hall–Kier alpha value is -1.50. The maximum absolute atomic E-state index is 8.82. The molecule has 1 aliphatic rings. The molecule has 0 bridgehead atoms. The Morgan fingerprint density at radius 2 is 2.00 bits per heavy atom. The molecule has 1 N–H and O–H groups in total. The SMILES string of the molecule is COc1ccc(C#CCO)cc1CN1C(C)CCCC1C. The van der Waals surface area contributed by atoms with E-state index in [9.17, 15) is 0 Å². The lowest BCUT2D eigenvalue weighted by atomic mass is 9.96. The zero-order chi connectivity index (χ0) is 15.2. The Morgan fingerprint density at radius 1 is 1.29 bits per heavy atom. The molecule has 3 nitrogen and oxygen atoms in total. The van der Waals surface area contributed by atoms with E-state index >= 15 is 0 Å². The largest absolute Gasteiger partial charge is 0.496 e. The quantitative estimate of drug-likeness (QED) is 0.868. The molecule has 0 spiro atoms. The lowest BCUT2D eigenvalue weighted by Crippen LogP contribution is -2.43. The molecule has 0 radical (unpaired) electrons. The van der Waals surface area contributed by atoms with Gasteiger partial charge in [0.05, 0.1) is 7.11 Å². The van der Waals surface area contributed by atoms with Crippen LogP contribution in [-0.4, -0.2) is 35.8 Å². The van der Waals surface area contributed by atoms with Crippen molar-refractivity contribution in [3.05, 3.63) is 29.3 Å². The summed E-state index contributed by atoms with van der Waals surface area (Å²) in [6.45, 7) is 5.39. The lowest BCUT2D eigenvalue weighted by molar-refractivity contribution is 0.0943. The Kier molecular flexibility index (Phi) is 5.67. The van der Waals surface area contributed by atoms with E-state index in [1.165, 1.54) is 24.8 Å². The highest BCUT2D eigenvalue weighted by molar-refractivity contribution is 5.44.